The molecule has 2 aliphatic heterocycles. The smallest absolute Gasteiger partial charge is 0.166 e. The Morgan fingerprint density at radius 1 is 1.38 bits per heavy atom. The monoisotopic (exact) mass is 354 g/mol. The molecule has 0 amide bonds. The minimum atomic E-state index is 0.158. The van der Waals surface area contributed by atoms with Crippen LogP contribution in [0.1, 0.15) is 30.4 Å². The van der Waals surface area contributed by atoms with Gasteiger partial charge in [0.25, 0.3) is 0 Å². The number of ether oxygens (including phenoxy) is 2. The van der Waals surface area contributed by atoms with Crippen LogP contribution < -0.4 is 9.47 Å². The molecule has 1 spiro atoms. The molecule has 26 heavy (non-hydrogen) atoms. The Labute approximate surface area is 156 Å². The summed E-state index contributed by atoms with van der Waals surface area (Å²) in [7, 11) is 8.36. The molecule has 4 aliphatic rings. The summed E-state index contributed by atoms with van der Waals surface area (Å²) in [4.78, 5) is 4.84. The highest BCUT2D eigenvalue weighted by atomic mass is 16.5. The van der Waals surface area contributed by atoms with Gasteiger partial charge in [0.2, 0.25) is 0 Å². The lowest BCUT2D eigenvalue weighted by Crippen LogP contribution is -2.63. The van der Waals surface area contributed by atoms with E-state index in [1.165, 1.54) is 36.0 Å². The lowest BCUT2D eigenvalue weighted by Gasteiger charge is -2.58. The van der Waals surface area contributed by atoms with E-state index in [0.29, 0.717) is 12.0 Å². The number of hydrogen-bond acceptors (Lipinski definition) is 4. The van der Waals surface area contributed by atoms with E-state index in [4.69, 9.17) is 9.47 Å². The van der Waals surface area contributed by atoms with Crippen molar-refractivity contribution in [3.05, 3.63) is 34.9 Å². The van der Waals surface area contributed by atoms with Crippen LogP contribution in [-0.4, -0.2) is 63.3 Å². The summed E-state index contributed by atoms with van der Waals surface area (Å²) in [6.07, 6.45) is 7.42. The van der Waals surface area contributed by atoms with Crippen LogP contribution in [-0.2, 0) is 11.8 Å². The van der Waals surface area contributed by atoms with Crippen molar-refractivity contribution in [3.8, 4) is 11.5 Å². The molecule has 2 bridgehead atoms. The molecule has 4 heteroatoms. The molecule has 0 radical (unpaired) electrons. The zero-order valence-corrected chi connectivity index (χ0v) is 16.4. The van der Waals surface area contributed by atoms with Crippen molar-refractivity contribution >= 4 is 0 Å². The number of likely N-dealkylation sites (N-methyl/N-ethyl adjacent to an activating group) is 2. The van der Waals surface area contributed by atoms with Crippen LogP contribution in [0.5, 0.6) is 11.5 Å². The average molecular weight is 354 g/mol. The van der Waals surface area contributed by atoms with Gasteiger partial charge in [-0.3, -0.25) is 0 Å². The molecule has 2 heterocycles. The molecule has 1 saturated heterocycles. The number of benzene rings is 1. The zero-order valence-electron chi connectivity index (χ0n) is 16.4. The number of hydrogen-bond donors (Lipinski definition) is 0. The van der Waals surface area contributed by atoms with Gasteiger partial charge in [-0.05, 0) is 76.5 Å². The van der Waals surface area contributed by atoms with E-state index < -0.39 is 0 Å². The van der Waals surface area contributed by atoms with Crippen LogP contribution in [0, 0.1) is 5.92 Å². The van der Waals surface area contributed by atoms with Gasteiger partial charge >= 0.3 is 0 Å². The normalized spacial score (nSPS) is 36.2. The third-order valence-electron chi connectivity index (χ3n) is 7.40. The lowest BCUT2D eigenvalue weighted by atomic mass is 9.51. The standard InChI is InChI=1S/C22H30N2O2/c1-23(2)11-9-14-5-7-16-17-13-15-6-8-18(25-4)20-19(15)22(16,21(14)26-20)10-12-24(17)3/h6,8-9,16-17,21H,5,7,10-13H2,1-4H3/b14-9+/t16-,17+,21-,22-/m0/s1. The third-order valence-corrected chi connectivity index (χ3v) is 7.40. The van der Waals surface area contributed by atoms with E-state index in [9.17, 15) is 0 Å². The van der Waals surface area contributed by atoms with E-state index >= 15 is 0 Å². The van der Waals surface area contributed by atoms with Crippen LogP contribution >= 0.6 is 0 Å². The average Bonchev–Trinajstić information content (AvgIpc) is 2.98. The fourth-order valence-electron chi connectivity index (χ4n) is 6.26. The maximum atomic E-state index is 6.75. The molecule has 0 N–H and O–H groups in total. The van der Waals surface area contributed by atoms with Crippen molar-refractivity contribution in [1.29, 1.82) is 0 Å². The highest BCUT2D eigenvalue weighted by molar-refractivity contribution is 5.62. The van der Waals surface area contributed by atoms with Crippen molar-refractivity contribution in [2.45, 2.75) is 43.2 Å². The predicted octanol–water partition coefficient (Wildman–Crippen LogP) is 2.85. The zero-order chi connectivity index (χ0) is 18.1. The van der Waals surface area contributed by atoms with Crippen molar-refractivity contribution in [2.24, 2.45) is 5.92 Å². The van der Waals surface area contributed by atoms with Crippen LogP contribution in [0.25, 0.3) is 0 Å². The first kappa shape index (κ1) is 16.6. The topological polar surface area (TPSA) is 24.9 Å². The fourth-order valence-corrected chi connectivity index (χ4v) is 6.26. The maximum absolute atomic E-state index is 6.75. The summed E-state index contributed by atoms with van der Waals surface area (Å²) in [6, 6.07) is 5.06. The van der Waals surface area contributed by atoms with Gasteiger partial charge in [0, 0.05) is 23.6 Å². The molecule has 4 atom stereocenters. The van der Waals surface area contributed by atoms with E-state index in [1.54, 1.807) is 7.11 Å². The number of rotatable bonds is 3. The molecule has 1 aromatic carbocycles. The summed E-state index contributed by atoms with van der Waals surface area (Å²) in [5.41, 5.74) is 4.64. The molecule has 1 aromatic rings. The third kappa shape index (κ3) is 2.03. The molecule has 5 rings (SSSR count). The molecule has 0 unspecified atom stereocenters. The Kier molecular flexibility index (Phi) is 3.67. The van der Waals surface area contributed by atoms with Crippen molar-refractivity contribution < 1.29 is 9.47 Å². The van der Waals surface area contributed by atoms with E-state index in [2.05, 4.69) is 49.2 Å². The largest absolute Gasteiger partial charge is 0.493 e. The van der Waals surface area contributed by atoms with Gasteiger partial charge in [0.05, 0.1) is 7.11 Å². The van der Waals surface area contributed by atoms with Gasteiger partial charge in [-0.15, -0.1) is 0 Å². The fraction of sp³-hybridized carbons (Fsp3) is 0.636. The molecular weight excluding hydrogens is 324 g/mol. The Morgan fingerprint density at radius 3 is 3.00 bits per heavy atom. The highest BCUT2D eigenvalue weighted by Gasteiger charge is 2.64. The number of methoxy groups -OCH3 is 1. The van der Waals surface area contributed by atoms with Gasteiger partial charge < -0.3 is 19.3 Å². The van der Waals surface area contributed by atoms with Crippen molar-refractivity contribution in [1.82, 2.24) is 9.80 Å². The number of likely N-dealkylation sites (tertiary alicyclic amines) is 1. The van der Waals surface area contributed by atoms with Gasteiger partial charge in [0.1, 0.15) is 6.10 Å². The van der Waals surface area contributed by atoms with Crippen LogP contribution in [0.15, 0.2) is 23.8 Å². The Balaban J connectivity index is 1.69. The lowest BCUT2D eigenvalue weighted by molar-refractivity contribution is -0.0218. The Hall–Kier alpha value is -1.52. The maximum Gasteiger partial charge on any atom is 0.166 e. The van der Waals surface area contributed by atoms with Crippen LogP contribution in [0.2, 0.25) is 0 Å². The summed E-state index contributed by atoms with van der Waals surface area (Å²) in [6.45, 7) is 2.15. The molecule has 4 nitrogen and oxygen atoms in total. The summed E-state index contributed by atoms with van der Waals surface area (Å²) >= 11 is 0. The van der Waals surface area contributed by atoms with Gasteiger partial charge in [-0.25, -0.2) is 0 Å². The molecule has 140 valence electrons. The second-order valence-corrected chi connectivity index (χ2v) is 8.86. The Morgan fingerprint density at radius 2 is 2.23 bits per heavy atom. The first-order valence-electron chi connectivity index (χ1n) is 9.97. The highest BCUT2D eigenvalue weighted by Crippen LogP contribution is 2.64. The molecule has 2 fully saturated rings. The summed E-state index contributed by atoms with van der Waals surface area (Å²) in [5.74, 6) is 2.65. The van der Waals surface area contributed by atoms with Crippen molar-refractivity contribution in [2.75, 3.05) is 41.3 Å². The molecule has 0 aromatic heterocycles. The van der Waals surface area contributed by atoms with E-state index in [-0.39, 0.29) is 11.5 Å². The van der Waals surface area contributed by atoms with Gasteiger partial charge in [0.15, 0.2) is 11.5 Å². The van der Waals surface area contributed by atoms with Gasteiger partial charge in [-0.2, -0.15) is 0 Å². The molecule has 1 saturated carbocycles. The van der Waals surface area contributed by atoms with Gasteiger partial charge in [-0.1, -0.05) is 12.1 Å². The summed E-state index contributed by atoms with van der Waals surface area (Å²) in [5, 5.41) is 0. The van der Waals surface area contributed by atoms with Crippen molar-refractivity contribution in [3.63, 3.8) is 0 Å². The van der Waals surface area contributed by atoms with Crippen LogP contribution in [0.3, 0.4) is 0 Å². The molecular formula is C22H30N2O2. The predicted molar refractivity (Wildman–Crippen MR) is 103 cm³/mol. The first-order valence-corrected chi connectivity index (χ1v) is 9.97. The minimum Gasteiger partial charge on any atom is -0.493 e. The second-order valence-electron chi connectivity index (χ2n) is 8.86. The SMILES string of the molecule is COc1ccc2c3c1O[C@H]1/C(=C/CN(C)C)CC[C@H]4[C@@H](C2)N(C)CC[C@]314. The second kappa shape index (κ2) is 5.74. The number of piperidine rings is 1. The summed E-state index contributed by atoms with van der Waals surface area (Å²) < 4.78 is 12.5. The Bertz CT molecular complexity index is 772. The minimum absolute atomic E-state index is 0.158. The van der Waals surface area contributed by atoms with Crippen LogP contribution in [0.4, 0.5) is 0 Å². The first-order chi connectivity index (χ1) is 12.6. The molecule has 2 aliphatic carbocycles. The van der Waals surface area contributed by atoms with E-state index in [1.807, 2.05) is 0 Å². The van der Waals surface area contributed by atoms with E-state index in [0.717, 1.165) is 31.0 Å². The number of nitrogens with zero attached hydrogens (tertiary/aromatic N) is 2. The quantitative estimate of drug-likeness (QED) is 0.780.